The van der Waals surface area contributed by atoms with Crippen molar-refractivity contribution in [2.24, 2.45) is 0 Å². The lowest BCUT2D eigenvalue weighted by atomic mass is 10.1. The number of hydrogen-bond acceptors (Lipinski definition) is 2. The van der Waals surface area contributed by atoms with Crippen LogP contribution >= 0.6 is 15.9 Å². The minimum absolute atomic E-state index is 0.0875. The molecule has 0 aliphatic rings. The van der Waals surface area contributed by atoms with Crippen molar-refractivity contribution in [3.05, 3.63) is 100 Å². The van der Waals surface area contributed by atoms with Gasteiger partial charge in [-0.25, -0.2) is 0 Å². The molecule has 1 atom stereocenters. The highest BCUT2D eigenvalue weighted by Gasteiger charge is 2.12. The van der Waals surface area contributed by atoms with E-state index in [4.69, 9.17) is 0 Å². The molecule has 0 saturated heterocycles. The maximum absolute atomic E-state index is 12.4. The van der Waals surface area contributed by atoms with Crippen molar-refractivity contribution >= 4 is 33.4 Å². The molecule has 2 amide bonds. The van der Waals surface area contributed by atoms with Crippen LogP contribution in [0.5, 0.6) is 0 Å². The molecule has 0 aliphatic heterocycles. The van der Waals surface area contributed by atoms with Crippen LogP contribution in [0.2, 0.25) is 0 Å². The first-order valence-corrected chi connectivity index (χ1v) is 9.35. The van der Waals surface area contributed by atoms with E-state index in [0.717, 1.165) is 10.0 Å². The molecule has 136 valence electrons. The summed E-state index contributed by atoms with van der Waals surface area (Å²) < 4.78 is 0.916. The van der Waals surface area contributed by atoms with Gasteiger partial charge in [-0.2, -0.15) is 0 Å². The highest BCUT2D eigenvalue weighted by atomic mass is 79.9. The second-order valence-electron chi connectivity index (χ2n) is 6.14. The monoisotopic (exact) mass is 422 g/mol. The summed E-state index contributed by atoms with van der Waals surface area (Å²) in [5.41, 5.74) is 2.79. The lowest BCUT2D eigenvalue weighted by Gasteiger charge is -2.14. The molecule has 27 heavy (non-hydrogen) atoms. The highest BCUT2D eigenvalue weighted by Crippen LogP contribution is 2.16. The van der Waals surface area contributed by atoms with Gasteiger partial charge in [0.15, 0.2) is 0 Å². The Bertz CT molecular complexity index is 923. The standard InChI is InChI=1S/C22H19BrN2O2/c1-15(16-5-3-2-4-6-16)24-21(26)18-9-13-20(14-10-18)25-22(27)17-7-11-19(23)12-8-17/h2-15H,1H3,(H,24,26)(H,25,27)/t15-/m0/s1. The maximum atomic E-state index is 12.4. The number of benzene rings is 3. The Morgan fingerprint density at radius 2 is 1.33 bits per heavy atom. The molecular formula is C22H19BrN2O2. The Kier molecular flexibility index (Phi) is 6.04. The topological polar surface area (TPSA) is 58.2 Å². The lowest BCUT2D eigenvalue weighted by molar-refractivity contribution is 0.0939. The molecule has 3 aromatic rings. The summed E-state index contributed by atoms with van der Waals surface area (Å²) in [5.74, 6) is -0.352. The van der Waals surface area contributed by atoms with Crippen LogP contribution in [0.15, 0.2) is 83.3 Å². The fraction of sp³-hybridized carbons (Fsp3) is 0.0909. The number of carbonyl (C=O) groups is 2. The third kappa shape index (κ3) is 5.05. The van der Waals surface area contributed by atoms with Gasteiger partial charge in [-0.05, 0) is 61.0 Å². The molecule has 5 heteroatoms. The van der Waals surface area contributed by atoms with Gasteiger partial charge in [0.05, 0.1) is 6.04 Å². The van der Waals surface area contributed by atoms with E-state index in [1.54, 1.807) is 36.4 Å². The first kappa shape index (κ1) is 18.9. The first-order chi connectivity index (χ1) is 13.0. The minimum atomic E-state index is -0.197. The van der Waals surface area contributed by atoms with Crippen LogP contribution in [0.3, 0.4) is 0 Å². The van der Waals surface area contributed by atoms with E-state index in [0.29, 0.717) is 16.8 Å². The highest BCUT2D eigenvalue weighted by molar-refractivity contribution is 9.10. The Morgan fingerprint density at radius 3 is 1.96 bits per heavy atom. The van der Waals surface area contributed by atoms with Gasteiger partial charge in [0.2, 0.25) is 0 Å². The molecular weight excluding hydrogens is 404 g/mol. The van der Waals surface area contributed by atoms with Crippen molar-refractivity contribution in [1.29, 1.82) is 0 Å². The average molecular weight is 423 g/mol. The van der Waals surface area contributed by atoms with Crippen LogP contribution in [-0.2, 0) is 0 Å². The van der Waals surface area contributed by atoms with Crippen LogP contribution < -0.4 is 10.6 Å². The van der Waals surface area contributed by atoms with E-state index in [2.05, 4.69) is 26.6 Å². The predicted octanol–water partition coefficient (Wildman–Crippen LogP) is 5.19. The summed E-state index contributed by atoms with van der Waals surface area (Å²) in [4.78, 5) is 24.7. The molecule has 3 aromatic carbocycles. The van der Waals surface area contributed by atoms with E-state index in [1.807, 2.05) is 49.4 Å². The minimum Gasteiger partial charge on any atom is -0.346 e. The molecule has 3 rings (SSSR count). The van der Waals surface area contributed by atoms with Crippen LogP contribution in [0, 0.1) is 0 Å². The van der Waals surface area contributed by atoms with Crippen molar-refractivity contribution in [2.45, 2.75) is 13.0 Å². The second kappa shape index (κ2) is 8.64. The normalized spacial score (nSPS) is 11.5. The van der Waals surface area contributed by atoms with Crippen molar-refractivity contribution in [3.8, 4) is 0 Å². The summed E-state index contributed by atoms with van der Waals surface area (Å²) in [5, 5.41) is 5.80. The van der Waals surface area contributed by atoms with Crippen molar-refractivity contribution < 1.29 is 9.59 Å². The average Bonchev–Trinajstić information content (AvgIpc) is 2.69. The van der Waals surface area contributed by atoms with Gasteiger partial charge in [0.25, 0.3) is 11.8 Å². The zero-order valence-electron chi connectivity index (χ0n) is 14.8. The predicted molar refractivity (Wildman–Crippen MR) is 111 cm³/mol. The van der Waals surface area contributed by atoms with Crippen LogP contribution in [0.4, 0.5) is 5.69 Å². The fourth-order valence-electron chi connectivity index (χ4n) is 2.61. The maximum Gasteiger partial charge on any atom is 0.255 e. The second-order valence-corrected chi connectivity index (χ2v) is 7.06. The van der Waals surface area contributed by atoms with E-state index in [9.17, 15) is 9.59 Å². The molecule has 0 fully saturated rings. The molecule has 0 spiro atoms. The molecule has 2 N–H and O–H groups in total. The SMILES string of the molecule is C[C@H](NC(=O)c1ccc(NC(=O)c2ccc(Br)cc2)cc1)c1ccccc1. The Labute approximate surface area is 166 Å². The smallest absolute Gasteiger partial charge is 0.255 e. The van der Waals surface area contributed by atoms with E-state index < -0.39 is 0 Å². The molecule has 0 bridgehead atoms. The van der Waals surface area contributed by atoms with Crippen molar-refractivity contribution in [2.75, 3.05) is 5.32 Å². The number of halogens is 1. The van der Waals surface area contributed by atoms with E-state index >= 15 is 0 Å². The molecule has 0 saturated carbocycles. The first-order valence-electron chi connectivity index (χ1n) is 8.56. The molecule has 0 radical (unpaired) electrons. The Balaban J connectivity index is 1.61. The largest absolute Gasteiger partial charge is 0.346 e. The summed E-state index contributed by atoms with van der Waals surface area (Å²) in [6.07, 6.45) is 0. The van der Waals surface area contributed by atoms with Gasteiger partial charge in [0, 0.05) is 21.3 Å². The van der Waals surface area contributed by atoms with Gasteiger partial charge in [-0.1, -0.05) is 46.3 Å². The lowest BCUT2D eigenvalue weighted by Crippen LogP contribution is -2.26. The summed E-state index contributed by atoms with van der Waals surface area (Å²) in [6, 6.07) is 23.7. The number of amides is 2. The zero-order chi connectivity index (χ0) is 19.2. The molecule has 0 aromatic heterocycles. The van der Waals surface area contributed by atoms with Gasteiger partial charge in [0.1, 0.15) is 0 Å². The van der Waals surface area contributed by atoms with Gasteiger partial charge in [-0.3, -0.25) is 9.59 Å². The third-order valence-electron chi connectivity index (χ3n) is 4.16. The number of rotatable bonds is 5. The summed E-state index contributed by atoms with van der Waals surface area (Å²) >= 11 is 3.35. The Hall–Kier alpha value is -2.92. The number of nitrogens with one attached hydrogen (secondary N) is 2. The van der Waals surface area contributed by atoms with Gasteiger partial charge in [-0.15, -0.1) is 0 Å². The quantitative estimate of drug-likeness (QED) is 0.593. The van der Waals surface area contributed by atoms with Gasteiger partial charge >= 0.3 is 0 Å². The molecule has 4 nitrogen and oxygen atoms in total. The number of anilines is 1. The van der Waals surface area contributed by atoms with Crippen molar-refractivity contribution in [3.63, 3.8) is 0 Å². The molecule has 0 heterocycles. The fourth-order valence-corrected chi connectivity index (χ4v) is 2.88. The third-order valence-corrected chi connectivity index (χ3v) is 4.69. The summed E-state index contributed by atoms with van der Waals surface area (Å²) in [6.45, 7) is 1.94. The van der Waals surface area contributed by atoms with E-state index in [1.165, 1.54) is 0 Å². The van der Waals surface area contributed by atoms with E-state index in [-0.39, 0.29) is 17.9 Å². The number of hydrogen-bond donors (Lipinski definition) is 2. The van der Waals surface area contributed by atoms with Crippen LogP contribution in [0.25, 0.3) is 0 Å². The summed E-state index contributed by atoms with van der Waals surface area (Å²) in [7, 11) is 0. The zero-order valence-corrected chi connectivity index (χ0v) is 16.4. The number of carbonyl (C=O) groups excluding carboxylic acids is 2. The molecule has 0 unspecified atom stereocenters. The Morgan fingerprint density at radius 1 is 0.778 bits per heavy atom. The van der Waals surface area contributed by atoms with Crippen LogP contribution in [0.1, 0.15) is 39.2 Å². The van der Waals surface area contributed by atoms with Gasteiger partial charge < -0.3 is 10.6 Å². The van der Waals surface area contributed by atoms with Crippen LogP contribution in [-0.4, -0.2) is 11.8 Å². The van der Waals surface area contributed by atoms with Crippen molar-refractivity contribution in [1.82, 2.24) is 5.32 Å². The molecule has 0 aliphatic carbocycles.